The van der Waals surface area contributed by atoms with Crippen LogP contribution in [0.15, 0.2) is 22.7 Å². The highest BCUT2D eigenvalue weighted by Gasteiger charge is 2.15. The Morgan fingerprint density at radius 3 is 2.76 bits per heavy atom. The van der Waals surface area contributed by atoms with Crippen molar-refractivity contribution in [1.82, 2.24) is 9.78 Å². The molecule has 0 aliphatic carbocycles. The van der Waals surface area contributed by atoms with Crippen molar-refractivity contribution in [3.63, 3.8) is 0 Å². The lowest BCUT2D eigenvalue weighted by Gasteiger charge is -2.14. The average Bonchev–Trinajstić information content (AvgIpc) is 2.71. The monoisotopic (exact) mass is 356 g/mol. The lowest BCUT2D eigenvalue weighted by atomic mass is 10.1. The quantitative estimate of drug-likeness (QED) is 0.891. The van der Waals surface area contributed by atoms with Crippen LogP contribution in [0.2, 0.25) is 0 Å². The summed E-state index contributed by atoms with van der Waals surface area (Å²) >= 11 is 3.51. The van der Waals surface area contributed by atoms with Crippen molar-refractivity contribution in [3.8, 4) is 5.75 Å². The van der Waals surface area contributed by atoms with Crippen molar-refractivity contribution >= 4 is 15.9 Å². The topological polar surface area (TPSA) is 47.3 Å². The van der Waals surface area contributed by atoms with E-state index in [-0.39, 0.29) is 6.61 Å². The standard InChI is InChI=1S/C15H18BrFN2O2/c1-4-12-15(16)13(19(3)18-12)8-21-14-7-10(17)5-6-11(14)9(2)20/h5-7,9,20H,4,8H2,1-3H3/t9-/m0/s1. The lowest BCUT2D eigenvalue weighted by Crippen LogP contribution is -2.06. The molecule has 114 valence electrons. The zero-order chi connectivity index (χ0) is 15.6. The Balaban J connectivity index is 2.24. The number of aryl methyl sites for hydroxylation is 2. The van der Waals surface area contributed by atoms with Crippen LogP contribution in [0.5, 0.6) is 5.75 Å². The van der Waals surface area contributed by atoms with Gasteiger partial charge in [-0.2, -0.15) is 5.10 Å². The number of aliphatic hydroxyl groups excluding tert-OH is 1. The molecule has 1 aromatic heterocycles. The third kappa shape index (κ3) is 3.44. The molecule has 0 saturated heterocycles. The Morgan fingerprint density at radius 1 is 1.48 bits per heavy atom. The lowest BCUT2D eigenvalue weighted by molar-refractivity contribution is 0.189. The Hall–Kier alpha value is -1.40. The molecule has 0 amide bonds. The minimum Gasteiger partial charge on any atom is -0.487 e. The van der Waals surface area contributed by atoms with Crippen LogP contribution in [0, 0.1) is 5.82 Å². The molecule has 1 aromatic carbocycles. The van der Waals surface area contributed by atoms with E-state index in [2.05, 4.69) is 21.0 Å². The van der Waals surface area contributed by atoms with Gasteiger partial charge in [-0.3, -0.25) is 4.68 Å². The highest BCUT2D eigenvalue weighted by molar-refractivity contribution is 9.10. The second-order valence-corrected chi connectivity index (χ2v) is 5.62. The number of hydrogen-bond donors (Lipinski definition) is 1. The number of aromatic nitrogens is 2. The Kier molecular flexibility index (Phi) is 5.00. The fraction of sp³-hybridized carbons (Fsp3) is 0.400. The van der Waals surface area contributed by atoms with Gasteiger partial charge in [0.15, 0.2) is 0 Å². The van der Waals surface area contributed by atoms with Crippen LogP contribution in [0.3, 0.4) is 0 Å². The first kappa shape index (κ1) is 16.0. The van der Waals surface area contributed by atoms with Crippen molar-refractivity contribution in [2.45, 2.75) is 33.0 Å². The number of hydrogen-bond acceptors (Lipinski definition) is 3. The summed E-state index contributed by atoms with van der Waals surface area (Å²) in [6.07, 6.45) is 0.0922. The van der Waals surface area contributed by atoms with Gasteiger partial charge in [0, 0.05) is 18.7 Å². The van der Waals surface area contributed by atoms with Crippen molar-refractivity contribution in [2.75, 3.05) is 0 Å². The summed E-state index contributed by atoms with van der Waals surface area (Å²) in [5, 5.41) is 14.1. The van der Waals surface area contributed by atoms with E-state index in [1.165, 1.54) is 18.2 Å². The predicted octanol–water partition coefficient (Wildman–Crippen LogP) is 3.52. The second-order valence-electron chi connectivity index (χ2n) is 4.83. The third-order valence-corrected chi connectivity index (χ3v) is 4.21. The first-order valence-electron chi connectivity index (χ1n) is 6.74. The molecule has 1 heterocycles. The fourth-order valence-corrected chi connectivity index (χ4v) is 2.83. The Bertz CT molecular complexity index is 641. The van der Waals surface area contributed by atoms with Gasteiger partial charge in [0.25, 0.3) is 0 Å². The summed E-state index contributed by atoms with van der Waals surface area (Å²) in [5.74, 6) is -0.0520. The molecule has 0 fully saturated rings. The molecular formula is C15H18BrFN2O2. The van der Waals surface area contributed by atoms with Gasteiger partial charge in [-0.15, -0.1) is 0 Å². The molecule has 0 radical (unpaired) electrons. The SMILES string of the molecule is CCc1nn(C)c(COc2cc(F)ccc2[C@H](C)O)c1Br. The highest BCUT2D eigenvalue weighted by Crippen LogP contribution is 2.28. The molecule has 2 rings (SSSR count). The zero-order valence-corrected chi connectivity index (χ0v) is 13.8. The van der Waals surface area contributed by atoms with E-state index in [0.717, 1.165) is 22.3 Å². The van der Waals surface area contributed by atoms with E-state index in [0.29, 0.717) is 11.3 Å². The van der Waals surface area contributed by atoms with Gasteiger partial charge >= 0.3 is 0 Å². The number of benzene rings is 1. The number of rotatable bonds is 5. The normalized spacial score (nSPS) is 12.5. The molecule has 1 N–H and O–H groups in total. The summed E-state index contributed by atoms with van der Waals surface area (Å²) in [6.45, 7) is 3.89. The van der Waals surface area contributed by atoms with Crippen molar-refractivity contribution in [3.05, 3.63) is 45.4 Å². The molecule has 2 aromatic rings. The molecule has 0 unspecified atom stereocenters. The fourth-order valence-electron chi connectivity index (χ4n) is 2.10. The summed E-state index contributed by atoms with van der Waals surface area (Å²) < 4.78 is 21.7. The van der Waals surface area contributed by atoms with E-state index >= 15 is 0 Å². The Morgan fingerprint density at radius 2 is 2.19 bits per heavy atom. The van der Waals surface area contributed by atoms with Crippen molar-refractivity contribution in [2.24, 2.45) is 7.05 Å². The first-order chi connectivity index (χ1) is 9.93. The van der Waals surface area contributed by atoms with Gasteiger partial charge < -0.3 is 9.84 Å². The maximum absolute atomic E-state index is 13.4. The minimum absolute atomic E-state index is 0.243. The molecular weight excluding hydrogens is 339 g/mol. The largest absolute Gasteiger partial charge is 0.487 e. The van der Waals surface area contributed by atoms with Crippen LogP contribution in [0.1, 0.15) is 36.9 Å². The van der Waals surface area contributed by atoms with Gasteiger partial charge in [-0.05, 0) is 41.4 Å². The smallest absolute Gasteiger partial charge is 0.131 e. The van der Waals surface area contributed by atoms with Gasteiger partial charge in [-0.25, -0.2) is 4.39 Å². The van der Waals surface area contributed by atoms with Crippen LogP contribution >= 0.6 is 15.9 Å². The van der Waals surface area contributed by atoms with E-state index < -0.39 is 11.9 Å². The minimum atomic E-state index is -0.721. The van der Waals surface area contributed by atoms with Gasteiger partial charge in [-0.1, -0.05) is 6.92 Å². The van der Waals surface area contributed by atoms with Gasteiger partial charge in [0.2, 0.25) is 0 Å². The van der Waals surface area contributed by atoms with E-state index in [1.807, 2.05) is 14.0 Å². The van der Waals surface area contributed by atoms with E-state index in [1.54, 1.807) is 11.6 Å². The Labute approximate surface area is 131 Å². The predicted molar refractivity (Wildman–Crippen MR) is 81.7 cm³/mol. The van der Waals surface area contributed by atoms with Gasteiger partial charge in [0.1, 0.15) is 18.2 Å². The molecule has 21 heavy (non-hydrogen) atoms. The van der Waals surface area contributed by atoms with Crippen LogP contribution in [-0.4, -0.2) is 14.9 Å². The number of ether oxygens (including phenoxy) is 1. The van der Waals surface area contributed by atoms with Crippen LogP contribution in [-0.2, 0) is 20.1 Å². The van der Waals surface area contributed by atoms with E-state index in [4.69, 9.17) is 4.74 Å². The maximum atomic E-state index is 13.4. The van der Waals surface area contributed by atoms with Crippen LogP contribution in [0.4, 0.5) is 4.39 Å². The van der Waals surface area contributed by atoms with Gasteiger partial charge in [0.05, 0.1) is 22.0 Å². The summed E-state index contributed by atoms with van der Waals surface area (Å²) in [7, 11) is 1.84. The third-order valence-electron chi connectivity index (χ3n) is 3.29. The molecule has 0 aliphatic heterocycles. The highest BCUT2D eigenvalue weighted by atomic mass is 79.9. The first-order valence-corrected chi connectivity index (χ1v) is 7.53. The molecule has 1 atom stereocenters. The maximum Gasteiger partial charge on any atom is 0.131 e. The van der Waals surface area contributed by atoms with E-state index in [9.17, 15) is 9.50 Å². The summed E-state index contributed by atoms with van der Waals surface area (Å²) in [6, 6.07) is 4.13. The number of halogens is 2. The summed E-state index contributed by atoms with van der Waals surface area (Å²) in [5.41, 5.74) is 2.38. The molecule has 6 heteroatoms. The average molecular weight is 357 g/mol. The second kappa shape index (κ2) is 6.58. The molecule has 0 aliphatic rings. The number of aliphatic hydroxyl groups is 1. The van der Waals surface area contributed by atoms with Crippen molar-refractivity contribution < 1.29 is 14.2 Å². The zero-order valence-electron chi connectivity index (χ0n) is 12.2. The van der Waals surface area contributed by atoms with Crippen LogP contribution < -0.4 is 4.74 Å². The molecule has 0 bridgehead atoms. The van der Waals surface area contributed by atoms with Crippen molar-refractivity contribution in [1.29, 1.82) is 0 Å². The number of nitrogens with zero attached hydrogens (tertiary/aromatic N) is 2. The molecule has 4 nitrogen and oxygen atoms in total. The van der Waals surface area contributed by atoms with Crippen LogP contribution in [0.25, 0.3) is 0 Å². The molecule has 0 spiro atoms. The summed E-state index contributed by atoms with van der Waals surface area (Å²) in [4.78, 5) is 0. The molecule has 0 saturated carbocycles.